The Hall–Kier alpha value is -3.61. The molecular formula is C26H27ClN4O4S. The molecule has 0 aliphatic carbocycles. The summed E-state index contributed by atoms with van der Waals surface area (Å²) in [5.74, 6) is 0.970. The highest BCUT2D eigenvalue weighted by Crippen LogP contribution is 2.37. The fourth-order valence-corrected chi connectivity index (χ4v) is 4.21. The molecule has 36 heavy (non-hydrogen) atoms. The van der Waals surface area contributed by atoms with E-state index in [2.05, 4.69) is 21.6 Å². The number of nitrogens with one attached hydrogen (secondary N) is 1. The van der Waals surface area contributed by atoms with E-state index in [0.29, 0.717) is 41.8 Å². The Morgan fingerprint density at radius 1 is 1.11 bits per heavy atom. The molecule has 2 aromatic carbocycles. The third-order valence-corrected chi connectivity index (χ3v) is 6.18. The van der Waals surface area contributed by atoms with Gasteiger partial charge < -0.3 is 14.2 Å². The zero-order chi connectivity index (χ0) is 26.1. The predicted octanol–water partition coefficient (Wildman–Crippen LogP) is 5.77. The van der Waals surface area contributed by atoms with E-state index in [9.17, 15) is 10.1 Å². The zero-order valence-electron chi connectivity index (χ0n) is 20.6. The van der Waals surface area contributed by atoms with Crippen LogP contribution in [0.15, 0.2) is 35.9 Å². The number of rotatable bonds is 11. The van der Waals surface area contributed by atoms with E-state index in [1.54, 1.807) is 12.1 Å². The SMILES string of the molecule is CCOc1cc(C=C(C#N)C(=O)Nc2nnc(CC)s2)cc(Cl)c1OCCOc1ccc(C)cc1C. The van der Waals surface area contributed by atoms with Crippen molar-refractivity contribution in [1.29, 1.82) is 5.26 Å². The molecule has 1 heterocycles. The van der Waals surface area contributed by atoms with E-state index in [-0.39, 0.29) is 17.2 Å². The molecule has 0 aliphatic rings. The van der Waals surface area contributed by atoms with Crippen LogP contribution in [-0.2, 0) is 11.2 Å². The number of benzene rings is 2. The van der Waals surface area contributed by atoms with Crippen LogP contribution in [0.4, 0.5) is 5.13 Å². The zero-order valence-corrected chi connectivity index (χ0v) is 22.1. The summed E-state index contributed by atoms with van der Waals surface area (Å²) >= 11 is 7.75. The number of aryl methyl sites for hydroxylation is 3. The second-order valence-corrected chi connectivity index (χ2v) is 9.18. The number of halogens is 1. The van der Waals surface area contributed by atoms with Crippen LogP contribution < -0.4 is 19.5 Å². The van der Waals surface area contributed by atoms with Gasteiger partial charge in [0.05, 0.1) is 11.6 Å². The van der Waals surface area contributed by atoms with Crippen molar-refractivity contribution in [3.63, 3.8) is 0 Å². The number of amides is 1. The van der Waals surface area contributed by atoms with Gasteiger partial charge in [-0.3, -0.25) is 10.1 Å². The summed E-state index contributed by atoms with van der Waals surface area (Å²) in [6.45, 7) is 8.74. The molecule has 10 heteroatoms. The monoisotopic (exact) mass is 526 g/mol. The van der Waals surface area contributed by atoms with Crippen LogP contribution in [0.25, 0.3) is 6.08 Å². The molecule has 0 unspecified atom stereocenters. The van der Waals surface area contributed by atoms with Gasteiger partial charge in [-0.05, 0) is 62.6 Å². The predicted molar refractivity (Wildman–Crippen MR) is 141 cm³/mol. The van der Waals surface area contributed by atoms with Gasteiger partial charge >= 0.3 is 0 Å². The van der Waals surface area contributed by atoms with Crippen LogP contribution in [0.2, 0.25) is 5.02 Å². The van der Waals surface area contributed by atoms with Crippen molar-refractivity contribution < 1.29 is 19.0 Å². The standard InChI is InChI=1S/C26H27ClN4O4S/c1-5-23-30-31-26(36-23)29-25(32)19(15-28)12-18-13-20(27)24(22(14-18)33-6-2)35-10-9-34-21-8-7-16(3)11-17(21)4/h7-8,11-14H,5-6,9-10H2,1-4H3,(H,29,31,32). The van der Waals surface area contributed by atoms with Gasteiger partial charge in [0.2, 0.25) is 5.13 Å². The number of anilines is 1. The number of aromatic nitrogens is 2. The molecule has 0 aliphatic heterocycles. The molecule has 0 saturated heterocycles. The first-order valence-electron chi connectivity index (χ1n) is 11.4. The second-order valence-electron chi connectivity index (χ2n) is 7.71. The molecule has 0 fully saturated rings. The molecular weight excluding hydrogens is 500 g/mol. The number of carbonyl (C=O) groups excluding carboxylic acids is 1. The number of ether oxygens (including phenoxy) is 3. The van der Waals surface area contributed by atoms with E-state index >= 15 is 0 Å². The first-order valence-corrected chi connectivity index (χ1v) is 12.6. The van der Waals surface area contributed by atoms with Crippen molar-refractivity contribution >= 4 is 40.1 Å². The molecule has 3 rings (SSSR count). The summed E-state index contributed by atoms with van der Waals surface area (Å²) in [7, 11) is 0. The molecule has 0 atom stereocenters. The third kappa shape index (κ3) is 7.20. The van der Waals surface area contributed by atoms with Gasteiger partial charge in [0.15, 0.2) is 11.5 Å². The topological polar surface area (TPSA) is 106 Å². The molecule has 3 aromatic rings. The van der Waals surface area contributed by atoms with Crippen molar-refractivity contribution in [2.75, 3.05) is 25.1 Å². The highest BCUT2D eigenvalue weighted by atomic mass is 35.5. The highest BCUT2D eigenvalue weighted by molar-refractivity contribution is 7.15. The molecule has 0 bridgehead atoms. The maximum absolute atomic E-state index is 12.6. The molecule has 0 spiro atoms. The fraction of sp³-hybridized carbons (Fsp3) is 0.308. The van der Waals surface area contributed by atoms with Crippen LogP contribution in [0.5, 0.6) is 17.2 Å². The van der Waals surface area contributed by atoms with Gasteiger partial charge in [0.25, 0.3) is 5.91 Å². The Bertz CT molecular complexity index is 1300. The van der Waals surface area contributed by atoms with Crippen LogP contribution in [0.1, 0.15) is 35.5 Å². The average Bonchev–Trinajstić information content (AvgIpc) is 3.30. The first kappa shape index (κ1) is 27.0. The van der Waals surface area contributed by atoms with Crippen molar-refractivity contribution in [3.8, 4) is 23.3 Å². The summed E-state index contributed by atoms with van der Waals surface area (Å²) in [5, 5.41) is 21.4. The van der Waals surface area contributed by atoms with Gasteiger partial charge in [0.1, 0.15) is 35.6 Å². The molecule has 8 nitrogen and oxygen atoms in total. The minimum atomic E-state index is -0.589. The van der Waals surface area contributed by atoms with Gasteiger partial charge in [-0.1, -0.05) is 47.6 Å². The van der Waals surface area contributed by atoms with Crippen LogP contribution >= 0.6 is 22.9 Å². The Labute approximate surface area is 219 Å². The number of hydrogen-bond acceptors (Lipinski definition) is 8. The normalized spacial score (nSPS) is 11.1. The van der Waals surface area contributed by atoms with E-state index in [0.717, 1.165) is 16.3 Å². The largest absolute Gasteiger partial charge is 0.490 e. The summed E-state index contributed by atoms with van der Waals surface area (Å²) in [6.07, 6.45) is 2.14. The van der Waals surface area contributed by atoms with E-state index in [4.69, 9.17) is 25.8 Å². The lowest BCUT2D eigenvalue weighted by Crippen LogP contribution is -2.13. The van der Waals surface area contributed by atoms with Crippen molar-refractivity contribution in [2.45, 2.75) is 34.1 Å². The van der Waals surface area contributed by atoms with Gasteiger partial charge in [-0.25, -0.2) is 0 Å². The second kappa shape index (κ2) is 12.9. The molecule has 1 amide bonds. The maximum Gasteiger partial charge on any atom is 0.268 e. The maximum atomic E-state index is 12.6. The Kier molecular flexibility index (Phi) is 9.68. The van der Waals surface area contributed by atoms with Crippen LogP contribution in [0.3, 0.4) is 0 Å². The highest BCUT2D eigenvalue weighted by Gasteiger charge is 2.16. The molecule has 188 valence electrons. The van der Waals surface area contributed by atoms with E-state index in [1.165, 1.54) is 23.0 Å². The quantitative estimate of drug-likeness (QED) is 0.192. The lowest BCUT2D eigenvalue weighted by atomic mass is 10.1. The van der Waals surface area contributed by atoms with Gasteiger partial charge in [-0.15, -0.1) is 10.2 Å². The minimum Gasteiger partial charge on any atom is -0.490 e. The number of nitrogens with zero attached hydrogens (tertiary/aromatic N) is 3. The lowest BCUT2D eigenvalue weighted by Gasteiger charge is -2.15. The summed E-state index contributed by atoms with van der Waals surface area (Å²) in [4.78, 5) is 12.6. The lowest BCUT2D eigenvalue weighted by molar-refractivity contribution is -0.112. The fourth-order valence-electron chi connectivity index (χ4n) is 3.26. The van der Waals surface area contributed by atoms with Gasteiger partial charge in [0, 0.05) is 0 Å². The molecule has 0 saturated carbocycles. The summed E-state index contributed by atoms with van der Waals surface area (Å²) < 4.78 is 17.4. The Balaban J connectivity index is 1.72. The van der Waals surface area contributed by atoms with Gasteiger partial charge in [-0.2, -0.15) is 5.26 Å². The summed E-state index contributed by atoms with van der Waals surface area (Å²) in [5.41, 5.74) is 2.62. The van der Waals surface area contributed by atoms with E-state index in [1.807, 2.05) is 45.9 Å². The Morgan fingerprint density at radius 3 is 2.56 bits per heavy atom. The van der Waals surface area contributed by atoms with Crippen molar-refractivity contribution in [3.05, 3.63) is 62.6 Å². The number of hydrogen-bond donors (Lipinski definition) is 1. The van der Waals surface area contributed by atoms with Crippen molar-refractivity contribution in [1.82, 2.24) is 10.2 Å². The molecule has 1 N–H and O–H groups in total. The molecule has 0 radical (unpaired) electrons. The number of nitriles is 1. The van der Waals surface area contributed by atoms with E-state index < -0.39 is 5.91 Å². The van der Waals surface area contributed by atoms with Crippen LogP contribution in [-0.4, -0.2) is 35.9 Å². The smallest absolute Gasteiger partial charge is 0.268 e. The molecule has 1 aromatic heterocycles. The first-order chi connectivity index (χ1) is 17.3. The third-order valence-electron chi connectivity index (χ3n) is 4.92. The van der Waals surface area contributed by atoms with Crippen LogP contribution in [0, 0.1) is 25.2 Å². The van der Waals surface area contributed by atoms with Crippen molar-refractivity contribution in [2.24, 2.45) is 0 Å². The average molecular weight is 527 g/mol. The summed E-state index contributed by atoms with van der Waals surface area (Å²) in [6, 6.07) is 11.2. The minimum absolute atomic E-state index is 0.114. The number of carbonyl (C=O) groups is 1. The Morgan fingerprint density at radius 2 is 1.89 bits per heavy atom.